The van der Waals surface area contributed by atoms with E-state index in [1.54, 1.807) is 32.0 Å². The van der Waals surface area contributed by atoms with Gasteiger partial charge in [-0.25, -0.2) is 4.99 Å². The molecule has 4 rings (SSSR count). The maximum atomic E-state index is 6.54. The Kier molecular flexibility index (Phi) is 9.78. The van der Waals surface area contributed by atoms with E-state index in [0.717, 1.165) is 33.5 Å². The van der Waals surface area contributed by atoms with Crippen LogP contribution in [-0.2, 0) is 18.8 Å². The van der Waals surface area contributed by atoms with Crippen molar-refractivity contribution in [3.63, 3.8) is 0 Å². The molecule has 0 aromatic heterocycles. The molecule has 0 aliphatic heterocycles. The maximum absolute atomic E-state index is 6.54. The van der Waals surface area contributed by atoms with Crippen LogP contribution in [0.3, 0.4) is 0 Å². The lowest BCUT2D eigenvalue weighted by atomic mass is 10.1. The Labute approximate surface area is 232 Å². The average molecular weight is 552 g/mol. The topological polar surface area (TPSA) is 34.1 Å². The van der Waals surface area contributed by atoms with E-state index in [1.165, 1.54) is 5.56 Å². The third-order valence-electron chi connectivity index (χ3n) is 5.67. The van der Waals surface area contributed by atoms with Crippen LogP contribution < -0.4 is 9.47 Å². The van der Waals surface area contributed by atoms with Gasteiger partial charge in [0.1, 0.15) is 11.5 Å². The molecule has 0 atom stereocenters. The first-order chi connectivity index (χ1) is 18.0. The summed E-state index contributed by atoms with van der Waals surface area (Å²) in [6.07, 6.45) is 0. The molecule has 0 bridgehead atoms. The molecule has 4 aromatic carbocycles. The van der Waals surface area contributed by atoms with E-state index < -0.39 is 0 Å². The molecule has 190 valence electrons. The number of aliphatic imine (C=N–C) groups is 1. The van der Waals surface area contributed by atoms with Crippen molar-refractivity contribution in [2.45, 2.75) is 18.8 Å². The van der Waals surface area contributed by atoms with Crippen molar-refractivity contribution in [2.24, 2.45) is 4.99 Å². The largest absolute Gasteiger partial charge is 0.497 e. The molecule has 0 aliphatic carbocycles. The van der Waals surface area contributed by atoms with Gasteiger partial charge in [-0.2, -0.15) is 0 Å². The van der Waals surface area contributed by atoms with Crippen molar-refractivity contribution < 1.29 is 9.47 Å². The summed E-state index contributed by atoms with van der Waals surface area (Å²) in [5.74, 6) is 2.42. The molecule has 4 nitrogen and oxygen atoms in total. The van der Waals surface area contributed by atoms with Crippen LogP contribution in [0.25, 0.3) is 0 Å². The fraction of sp³-hybridized carbons (Fsp3) is 0.167. The van der Waals surface area contributed by atoms with E-state index in [4.69, 9.17) is 37.7 Å². The first kappa shape index (κ1) is 26.9. The van der Waals surface area contributed by atoms with Crippen molar-refractivity contribution in [1.82, 2.24) is 4.90 Å². The highest BCUT2D eigenvalue weighted by atomic mass is 35.5. The lowest BCUT2D eigenvalue weighted by Crippen LogP contribution is -2.28. The van der Waals surface area contributed by atoms with Gasteiger partial charge in [-0.1, -0.05) is 89.6 Å². The van der Waals surface area contributed by atoms with Gasteiger partial charge in [-0.05, 0) is 59.2 Å². The van der Waals surface area contributed by atoms with E-state index in [9.17, 15) is 0 Å². The molecule has 0 spiro atoms. The molecule has 0 aliphatic rings. The van der Waals surface area contributed by atoms with Gasteiger partial charge in [0.05, 0.1) is 24.9 Å². The Hall–Kier alpha value is -3.12. The molecular formula is C30H28Cl2N2O2S. The number of thioether (sulfide) groups is 1. The van der Waals surface area contributed by atoms with Crippen molar-refractivity contribution in [2.75, 3.05) is 14.2 Å². The fourth-order valence-electron chi connectivity index (χ4n) is 3.69. The van der Waals surface area contributed by atoms with E-state index in [0.29, 0.717) is 28.8 Å². The molecule has 0 radical (unpaired) electrons. The van der Waals surface area contributed by atoms with Gasteiger partial charge < -0.3 is 14.4 Å². The van der Waals surface area contributed by atoms with Gasteiger partial charge in [0.2, 0.25) is 0 Å². The van der Waals surface area contributed by atoms with Gasteiger partial charge in [0, 0.05) is 23.9 Å². The number of rotatable bonds is 9. The average Bonchev–Trinajstić information content (AvgIpc) is 2.93. The maximum Gasteiger partial charge on any atom is 0.165 e. The highest BCUT2D eigenvalue weighted by Gasteiger charge is 2.16. The Morgan fingerprint density at radius 1 is 0.730 bits per heavy atom. The second-order valence-corrected chi connectivity index (χ2v) is 10.1. The normalized spacial score (nSPS) is 11.3. The second kappa shape index (κ2) is 13.4. The molecule has 7 heteroatoms. The van der Waals surface area contributed by atoms with E-state index >= 15 is 0 Å². The number of amidine groups is 1. The van der Waals surface area contributed by atoms with Crippen molar-refractivity contribution in [1.29, 1.82) is 0 Å². The number of hydrogen-bond acceptors (Lipinski definition) is 4. The van der Waals surface area contributed by atoms with Crippen LogP contribution in [0, 0.1) is 0 Å². The summed E-state index contributed by atoms with van der Waals surface area (Å²) in [7, 11) is 3.34. The van der Waals surface area contributed by atoms with Crippen LogP contribution in [0.5, 0.6) is 11.5 Å². The summed E-state index contributed by atoms with van der Waals surface area (Å²) < 4.78 is 10.7. The van der Waals surface area contributed by atoms with Crippen LogP contribution in [0.2, 0.25) is 10.0 Å². The van der Waals surface area contributed by atoms with Gasteiger partial charge >= 0.3 is 0 Å². The SMILES string of the molecule is COc1ccc(CN(Cc2ccc(OC)cc2)C(=Nc2ccc(Cl)cc2Cl)SCc2ccccc2)cc1. The molecule has 4 aromatic rings. The molecule has 0 heterocycles. The number of benzene rings is 4. The summed E-state index contributed by atoms with van der Waals surface area (Å²) in [4.78, 5) is 7.31. The summed E-state index contributed by atoms with van der Waals surface area (Å²) in [5.41, 5.74) is 4.18. The van der Waals surface area contributed by atoms with Crippen molar-refractivity contribution >= 4 is 45.8 Å². The standard InChI is InChI=1S/C30H28Cl2N2O2S/c1-35-26-13-8-22(9-14-26)19-34(20-23-10-15-27(36-2)16-11-23)30(37-21-24-6-4-3-5-7-24)33-29-17-12-25(31)18-28(29)32/h3-18H,19-21H2,1-2H3. The smallest absolute Gasteiger partial charge is 0.165 e. The molecule has 37 heavy (non-hydrogen) atoms. The number of nitrogens with zero attached hydrogens (tertiary/aromatic N) is 2. The highest BCUT2D eigenvalue weighted by Crippen LogP contribution is 2.31. The number of ether oxygens (including phenoxy) is 2. The van der Waals surface area contributed by atoms with Crippen molar-refractivity contribution in [3.8, 4) is 11.5 Å². The monoisotopic (exact) mass is 550 g/mol. The van der Waals surface area contributed by atoms with Crippen LogP contribution in [0.1, 0.15) is 16.7 Å². The Bertz CT molecular complexity index is 1260. The zero-order valence-electron chi connectivity index (χ0n) is 20.7. The lowest BCUT2D eigenvalue weighted by molar-refractivity contribution is 0.405. The van der Waals surface area contributed by atoms with Gasteiger partial charge in [-0.3, -0.25) is 0 Å². The van der Waals surface area contributed by atoms with Crippen LogP contribution in [0.4, 0.5) is 5.69 Å². The van der Waals surface area contributed by atoms with Crippen LogP contribution in [0.15, 0.2) is 102 Å². The predicted octanol–water partition coefficient (Wildman–Crippen LogP) is 8.63. The number of methoxy groups -OCH3 is 2. The first-order valence-electron chi connectivity index (χ1n) is 11.8. The highest BCUT2D eigenvalue weighted by molar-refractivity contribution is 8.13. The van der Waals surface area contributed by atoms with Gasteiger partial charge in [0.15, 0.2) is 5.17 Å². The van der Waals surface area contributed by atoms with Gasteiger partial charge in [-0.15, -0.1) is 0 Å². The Balaban J connectivity index is 1.71. The molecule has 0 amide bonds. The molecule has 0 N–H and O–H groups in total. The summed E-state index contributed by atoms with van der Waals surface area (Å²) in [6.45, 7) is 1.31. The molecular weight excluding hydrogens is 523 g/mol. The molecule has 0 unspecified atom stereocenters. The number of hydrogen-bond donors (Lipinski definition) is 0. The number of halogens is 2. The zero-order valence-corrected chi connectivity index (χ0v) is 23.1. The van der Waals surface area contributed by atoms with Crippen molar-refractivity contribution in [3.05, 3.63) is 124 Å². The zero-order chi connectivity index (χ0) is 26.0. The Morgan fingerprint density at radius 3 is 1.81 bits per heavy atom. The minimum Gasteiger partial charge on any atom is -0.497 e. The summed E-state index contributed by atoms with van der Waals surface area (Å²) in [6, 6.07) is 32.0. The summed E-state index contributed by atoms with van der Waals surface area (Å²) in [5, 5.41) is 1.95. The van der Waals surface area contributed by atoms with E-state index in [-0.39, 0.29) is 0 Å². The summed E-state index contributed by atoms with van der Waals surface area (Å²) >= 11 is 14.4. The molecule has 0 fully saturated rings. The third-order valence-corrected chi connectivity index (χ3v) is 7.30. The minimum atomic E-state index is 0.513. The Morgan fingerprint density at radius 2 is 1.30 bits per heavy atom. The van der Waals surface area contributed by atoms with E-state index in [1.807, 2.05) is 42.5 Å². The lowest BCUT2D eigenvalue weighted by Gasteiger charge is -2.26. The predicted molar refractivity (Wildman–Crippen MR) is 157 cm³/mol. The third kappa shape index (κ3) is 7.93. The van der Waals surface area contributed by atoms with Crippen LogP contribution in [-0.4, -0.2) is 24.3 Å². The fourth-order valence-corrected chi connectivity index (χ4v) is 5.10. The first-order valence-corrected chi connectivity index (χ1v) is 13.5. The second-order valence-electron chi connectivity index (χ2n) is 8.32. The molecule has 0 saturated heterocycles. The quantitative estimate of drug-likeness (QED) is 0.154. The van der Waals surface area contributed by atoms with Crippen LogP contribution >= 0.6 is 35.0 Å². The minimum absolute atomic E-state index is 0.513. The van der Waals surface area contributed by atoms with E-state index in [2.05, 4.69) is 53.4 Å². The molecule has 0 saturated carbocycles. The van der Waals surface area contributed by atoms with Gasteiger partial charge in [0.25, 0.3) is 0 Å².